The lowest BCUT2D eigenvalue weighted by Crippen LogP contribution is -2.50. The number of amides is 2. The maximum atomic E-state index is 12.1. The fraction of sp³-hybridized carbons (Fsp3) is 0.867. The number of carbonyl (C=O) groups excluding carboxylic acids is 1. The molecule has 1 aliphatic heterocycles. The Balaban J connectivity index is 1.80. The van der Waals surface area contributed by atoms with E-state index in [4.69, 9.17) is 5.41 Å². The highest BCUT2D eigenvalue weighted by Gasteiger charge is 2.55. The highest BCUT2D eigenvalue weighted by molar-refractivity contribution is 6.08. The van der Waals surface area contributed by atoms with E-state index in [1.807, 2.05) is 4.90 Å². The zero-order valence-electron chi connectivity index (χ0n) is 11.9. The van der Waals surface area contributed by atoms with Gasteiger partial charge in [0.1, 0.15) is 11.4 Å². The van der Waals surface area contributed by atoms with Gasteiger partial charge < -0.3 is 4.90 Å². The summed E-state index contributed by atoms with van der Waals surface area (Å²) in [5, 5.41) is 11.1. The van der Waals surface area contributed by atoms with Crippen molar-refractivity contribution in [3.8, 4) is 0 Å². The van der Waals surface area contributed by atoms with Crippen LogP contribution in [0.15, 0.2) is 0 Å². The van der Waals surface area contributed by atoms with Gasteiger partial charge in [-0.25, -0.2) is 4.79 Å². The summed E-state index contributed by atoms with van der Waals surface area (Å²) in [5.41, 5.74) is -0.277. The second-order valence-corrected chi connectivity index (χ2v) is 6.52. The number of hydrogen-bond acceptors (Lipinski definition) is 2. The first-order valence-electron chi connectivity index (χ1n) is 7.86. The van der Waals surface area contributed by atoms with Gasteiger partial charge in [0.15, 0.2) is 0 Å². The Morgan fingerprint density at radius 2 is 2.11 bits per heavy atom. The molecule has 1 saturated heterocycles. The minimum Gasteiger partial charge on any atom is -0.309 e. The monoisotopic (exact) mass is 263 g/mol. The predicted molar refractivity (Wildman–Crippen MR) is 75.3 cm³/mol. The zero-order chi connectivity index (χ0) is 13.5. The summed E-state index contributed by atoms with van der Waals surface area (Å²) < 4.78 is 0. The van der Waals surface area contributed by atoms with Crippen LogP contribution in [0.5, 0.6) is 0 Å². The number of nitrogens with one attached hydrogen (secondary N) is 2. The number of amidine groups is 1. The summed E-state index contributed by atoms with van der Waals surface area (Å²) in [7, 11) is 0. The SMILES string of the molecule is CCCC1CCCC2(CC1)C(=N)NC(=O)N2C1CC1. The molecule has 2 aliphatic carbocycles. The van der Waals surface area contributed by atoms with Crippen LogP contribution in [0.25, 0.3) is 0 Å². The van der Waals surface area contributed by atoms with Gasteiger partial charge in [0.05, 0.1) is 0 Å². The van der Waals surface area contributed by atoms with Crippen molar-refractivity contribution in [2.24, 2.45) is 5.92 Å². The summed E-state index contributed by atoms with van der Waals surface area (Å²) in [6.45, 7) is 2.25. The van der Waals surface area contributed by atoms with Crippen LogP contribution in [0.3, 0.4) is 0 Å². The Hall–Kier alpha value is -1.06. The molecule has 2 amide bonds. The first-order chi connectivity index (χ1) is 9.17. The third-order valence-electron chi connectivity index (χ3n) is 5.16. The van der Waals surface area contributed by atoms with Crippen molar-refractivity contribution in [1.29, 1.82) is 5.41 Å². The molecule has 106 valence electrons. The molecule has 1 spiro atoms. The van der Waals surface area contributed by atoms with E-state index < -0.39 is 0 Å². The molecule has 4 heteroatoms. The first-order valence-corrected chi connectivity index (χ1v) is 7.86. The Morgan fingerprint density at radius 3 is 2.79 bits per heavy atom. The number of urea groups is 1. The fourth-order valence-corrected chi connectivity index (χ4v) is 4.03. The van der Waals surface area contributed by atoms with E-state index in [1.165, 1.54) is 25.7 Å². The molecule has 2 N–H and O–H groups in total. The normalized spacial score (nSPS) is 35.6. The molecule has 0 aromatic heterocycles. The van der Waals surface area contributed by atoms with Gasteiger partial charge in [0.2, 0.25) is 0 Å². The largest absolute Gasteiger partial charge is 0.323 e. The van der Waals surface area contributed by atoms with E-state index >= 15 is 0 Å². The van der Waals surface area contributed by atoms with Crippen LogP contribution in [0.4, 0.5) is 4.79 Å². The van der Waals surface area contributed by atoms with E-state index in [2.05, 4.69) is 12.2 Å². The third kappa shape index (κ3) is 2.15. The molecule has 3 rings (SSSR count). The Labute approximate surface area is 115 Å². The van der Waals surface area contributed by atoms with Crippen LogP contribution < -0.4 is 5.32 Å². The van der Waals surface area contributed by atoms with Crippen molar-refractivity contribution >= 4 is 11.9 Å². The van der Waals surface area contributed by atoms with Crippen LogP contribution >= 0.6 is 0 Å². The zero-order valence-corrected chi connectivity index (χ0v) is 11.9. The second-order valence-electron chi connectivity index (χ2n) is 6.52. The van der Waals surface area contributed by atoms with E-state index in [-0.39, 0.29) is 11.6 Å². The van der Waals surface area contributed by atoms with Crippen LogP contribution in [0, 0.1) is 11.3 Å². The number of rotatable bonds is 3. The van der Waals surface area contributed by atoms with Gasteiger partial charge in [0.25, 0.3) is 0 Å². The lowest BCUT2D eigenvalue weighted by Gasteiger charge is -2.36. The van der Waals surface area contributed by atoms with Crippen molar-refractivity contribution in [3.63, 3.8) is 0 Å². The molecular formula is C15H25N3O. The van der Waals surface area contributed by atoms with Crippen molar-refractivity contribution in [2.45, 2.75) is 76.3 Å². The summed E-state index contributed by atoms with van der Waals surface area (Å²) in [6.07, 6.45) is 10.4. The standard InChI is InChI=1S/C15H25N3O/c1-2-4-11-5-3-9-15(10-8-11)13(16)17-14(19)18(15)12-6-7-12/h11-12H,2-10H2,1H3,(H2,16,17,19). The molecule has 3 fully saturated rings. The number of nitrogens with zero attached hydrogens (tertiary/aromatic N) is 1. The van der Waals surface area contributed by atoms with Gasteiger partial charge in [0, 0.05) is 6.04 Å². The van der Waals surface area contributed by atoms with E-state index in [0.717, 1.165) is 38.0 Å². The molecule has 4 nitrogen and oxygen atoms in total. The molecule has 1 heterocycles. The molecule has 0 radical (unpaired) electrons. The highest BCUT2D eigenvalue weighted by atomic mass is 16.2. The van der Waals surface area contributed by atoms with Gasteiger partial charge in [-0.15, -0.1) is 0 Å². The van der Waals surface area contributed by atoms with Gasteiger partial charge in [-0.2, -0.15) is 0 Å². The number of carbonyl (C=O) groups is 1. The summed E-state index contributed by atoms with van der Waals surface area (Å²) in [4.78, 5) is 14.2. The van der Waals surface area contributed by atoms with Crippen molar-refractivity contribution in [2.75, 3.05) is 0 Å². The maximum absolute atomic E-state index is 12.1. The third-order valence-corrected chi connectivity index (χ3v) is 5.16. The summed E-state index contributed by atoms with van der Waals surface area (Å²) in [5.74, 6) is 1.27. The van der Waals surface area contributed by atoms with Gasteiger partial charge in [-0.3, -0.25) is 10.7 Å². The predicted octanol–water partition coefficient (Wildman–Crippen LogP) is 3.27. The molecule has 2 unspecified atom stereocenters. The Kier molecular flexibility index (Phi) is 3.27. The smallest absolute Gasteiger partial charge is 0.309 e. The minimum atomic E-state index is -0.277. The molecular weight excluding hydrogens is 238 g/mol. The van der Waals surface area contributed by atoms with Crippen LogP contribution in [-0.2, 0) is 0 Å². The molecule has 0 bridgehead atoms. The molecule has 2 atom stereocenters. The van der Waals surface area contributed by atoms with E-state index in [0.29, 0.717) is 11.9 Å². The Morgan fingerprint density at radius 1 is 1.32 bits per heavy atom. The van der Waals surface area contributed by atoms with Crippen LogP contribution in [0.2, 0.25) is 0 Å². The first kappa shape index (κ1) is 12.9. The lowest BCUT2D eigenvalue weighted by atomic mass is 9.87. The Bertz CT molecular complexity index is 391. The van der Waals surface area contributed by atoms with Crippen LogP contribution in [-0.4, -0.2) is 28.3 Å². The van der Waals surface area contributed by atoms with Crippen molar-refractivity contribution < 1.29 is 4.79 Å². The lowest BCUT2D eigenvalue weighted by molar-refractivity contribution is 0.156. The second kappa shape index (κ2) is 4.80. The average molecular weight is 263 g/mol. The molecule has 0 aromatic carbocycles. The van der Waals surface area contributed by atoms with Crippen molar-refractivity contribution in [1.82, 2.24) is 10.2 Å². The number of hydrogen-bond donors (Lipinski definition) is 2. The van der Waals surface area contributed by atoms with Crippen molar-refractivity contribution in [3.05, 3.63) is 0 Å². The highest BCUT2D eigenvalue weighted by Crippen LogP contribution is 2.44. The van der Waals surface area contributed by atoms with Crippen LogP contribution in [0.1, 0.15) is 64.7 Å². The maximum Gasteiger partial charge on any atom is 0.323 e. The van der Waals surface area contributed by atoms with E-state index in [9.17, 15) is 4.79 Å². The quantitative estimate of drug-likeness (QED) is 0.806. The molecule has 0 aromatic rings. The minimum absolute atomic E-state index is 0.0126. The summed E-state index contributed by atoms with van der Waals surface area (Å²) in [6, 6.07) is 0.395. The topological polar surface area (TPSA) is 56.2 Å². The average Bonchev–Trinajstić information content (AvgIpc) is 3.16. The fourth-order valence-electron chi connectivity index (χ4n) is 4.03. The van der Waals surface area contributed by atoms with Gasteiger partial charge >= 0.3 is 6.03 Å². The molecule has 19 heavy (non-hydrogen) atoms. The van der Waals surface area contributed by atoms with Gasteiger partial charge in [-0.1, -0.05) is 32.6 Å². The van der Waals surface area contributed by atoms with Gasteiger partial charge in [-0.05, 0) is 38.0 Å². The molecule has 2 saturated carbocycles. The van der Waals surface area contributed by atoms with E-state index in [1.54, 1.807) is 0 Å². The summed E-state index contributed by atoms with van der Waals surface area (Å²) >= 11 is 0. The molecule has 3 aliphatic rings.